The number of benzene rings is 2. The number of rotatable bonds is 8. The van der Waals surface area contributed by atoms with Gasteiger partial charge in [-0.1, -0.05) is 28.1 Å². The Labute approximate surface area is 145 Å². The van der Waals surface area contributed by atoms with E-state index in [1.165, 1.54) is 5.56 Å². The molecular weight excluding hydrogens is 356 g/mol. The molecule has 0 aliphatic carbocycles. The molecule has 0 aromatic heterocycles. The molecule has 2 N–H and O–H groups in total. The minimum absolute atomic E-state index is 0.0584. The SMILES string of the molecule is COc1ccc(CCNC(=O)CCNc2ccc(Br)cc2)cc1. The number of carbonyl (C=O) groups is 1. The van der Waals surface area contributed by atoms with Gasteiger partial charge in [0, 0.05) is 29.7 Å². The Morgan fingerprint density at radius 2 is 1.74 bits per heavy atom. The van der Waals surface area contributed by atoms with E-state index in [-0.39, 0.29) is 5.91 Å². The summed E-state index contributed by atoms with van der Waals surface area (Å²) in [5.41, 5.74) is 2.19. The molecule has 0 saturated carbocycles. The second-order valence-electron chi connectivity index (χ2n) is 5.13. The van der Waals surface area contributed by atoms with Crippen LogP contribution < -0.4 is 15.4 Å². The Hall–Kier alpha value is -2.01. The lowest BCUT2D eigenvalue weighted by Crippen LogP contribution is -2.27. The molecule has 0 spiro atoms. The largest absolute Gasteiger partial charge is 0.497 e. The highest BCUT2D eigenvalue weighted by Gasteiger charge is 2.01. The quantitative estimate of drug-likeness (QED) is 0.739. The molecule has 0 fully saturated rings. The standard InChI is InChI=1S/C18H21BrN2O2/c1-23-17-8-2-14(3-9-17)10-12-21-18(22)11-13-20-16-6-4-15(19)5-7-16/h2-9,20H,10-13H2,1H3,(H,21,22). The summed E-state index contributed by atoms with van der Waals surface area (Å²) in [4.78, 5) is 11.8. The van der Waals surface area contributed by atoms with E-state index in [2.05, 4.69) is 26.6 Å². The molecule has 0 atom stereocenters. The Morgan fingerprint density at radius 1 is 1.04 bits per heavy atom. The molecule has 23 heavy (non-hydrogen) atoms. The van der Waals surface area contributed by atoms with E-state index in [9.17, 15) is 4.79 Å². The average Bonchev–Trinajstić information content (AvgIpc) is 2.57. The van der Waals surface area contributed by atoms with Crippen LogP contribution in [0, 0.1) is 0 Å². The number of nitrogens with one attached hydrogen (secondary N) is 2. The topological polar surface area (TPSA) is 50.4 Å². The van der Waals surface area contributed by atoms with E-state index in [1.807, 2.05) is 48.5 Å². The van der Waals surface area contributed by atoms with Gasteiger partial charge >= 0.3 is 0 Å². The van der Waals surface area contributed by atoms with Gasteiger partial charge in [-0.25, -0.2) is 0 Å². The maximum absolute atomic E-state index is 11.8. The van der Waals surface area contributed by atoms with Crippen LogP contribution in [0.25, 0.3) is 0 Å². The Bertz CT molecular complexity index is 612. The smallest absolute Gasteiger partial charge is 0.221 e. The molecule has 0 saturated heterocycles. The fraction of sp³-hybridized carbons (Fsp3) is 0.278. The maximum Gasteiger partial charge on any atom is 0.221 e. The fourth-order valence-electron chi connectivity index (χ4n) is 2.11. The normalized spacial score (nSPS) is 10.2. The van der Waals surface area contributed by atoms with Gasteiger partial charge in [0.05, 0.1) is 7.11 Å². The molecule has 0 aliphatic heterocycles. The second-order valence-corrected chi connectivity index (χ2v) is 6.05. The van der Waals surface area contributed by atoms with Crippen molar-refractivity contribution in [2.24, 2.45) is 0 Å². The number of hydrogen-bond acceptors (Lipinski definition) is 3. The van der Waals surface area contributed by atoms with Crippen molar-refractivity contribution in [1.82, 2.24) is 5.32 Å². The van der Waals surface area contributed by atoms with Gasteiger partial charge in [-0.15, -0.1) is 0 Å². The molecule has 4 nitrogen and oxygen atoms in total. The summed E-state index contributed by atoms with van der Waals surface area (Å²) < 4.78 is 6.16. The summed E-state index contributed by atoms with van der Waals surface area (Å²) in [6.07, 6.45) is 1.27. The van der Waals surface area contributed by atoms with Crippen molar-refractivity contribution < 1.29 is 9.53 Å². The van der Waals surface area contributed by atoms with E-state index in [1.54, 1.807) is 7.11 Å². The summed E-state index contributed by atoms with van der Waals surface area (Å²) in [7, 11) is 1.65. The zero-order valence-electron chi connectivity index (χ0n) is 13.1. The molecule has 0 heterocycles. The molecule has 0 bridgehead atoms. The molecule has 5 heteroatoms. The number of carbonyl (C=O) groups excluding carboxylic acids is 1. The van der Waals surface area contributed by atoms with Crippen molar-refractivity contribution in [3.8, 4) is 5.75 Å². The van der Waals surface area contributed by atoms with Gasteiger partial charge in [0.15, 0.2) is 0 Å². The van der Waals surface area contributed by atoms with Crippen molar-refractivity contribution in [1.29, 1.82) is 0 Å². The van der Waals surface area contributed by atoms with Crippen molar-refractivity contribution >= 4 is 27.5 Å². The molecule has 2 aromatic carbocycles. The van der Waals surface area contributed by atoms with Crippen molar-refractivity contribution in [3.63, 3.8) is 0 Å². The summed E-state index contributed by atoms with van der Waals surface area (Å²) >= 11 is 3.39. The second kappa shape index (κ2) is 9.20. The number of amides is 1. The lowest BCUT2D eigenvalue weighted by Gasteiger charge is -2.08. The van der Waals surface area contributed by atoms with Crippen LogP contribution in [-0.2, 0) is 11.2 Å². The van der Waals surface area contributed by atoms with Crippen LogP contribution in [0.4, 0.5) is 5.69 Å². The summed E-state index contributed by atoms with van der Waals surface area (Å²) in [5, 5.41) is 6.17. The Kier molecular flexibility index (Phi) is 6.94. The third-order valence-corrected chi connectivity index (χ3v) is 3.95. The van der Waals surface area contributed by atoms with Crippen LogP contribution in [0.2, 0.25) is 0 Å². The van der Waals surface area contributed by atoms with Crippen molar-refractivity contribution in [2.45, 2.75) is 12.8 Å². The van der Waals surface area contributed by atoms with Crippen molar-refractivity contribution in [3.05, 3.63) is 58.6 Å². The lowest BCUT2D eigenvalue weighted by atomic mass is 10.1. The van der Waals surface area contributed by atoms with Gasteiger partial charge < -0.3 is 15.4 Å². The van der Waals surface area contributed by atoms with Crippen LogP contribution in [0.5, 0.6) is 5.75 Å². The monoisotopic (exact) mass is 376 g/mol. The average molecular weight is 377 g/mol. The van der Waals surface area contributed by atoms with E-state index >= 15 is 0 Å². The molecular formula is C18H21BrN2O2. The van der Waals surface area contributed by atoms with Crippen LogP contribution >= 0.6 is 15.9 Å². The van der Waals surface area contributed by atoms with Crippen LogP contribution in [-0.4, -0.2) is 26.1 Å². The molecule has 0 radical (unpaired) electrons. The van der Waals surface area contributed by atoms with E-state index in [4.69, 9.17) is 4.74 Å². The number of halogens is 1. The highest BCUT2D eigenvalue weighted by atomic mass is 79.9. The zero-order valence-corrected chi connectivity index (χ0v) is 14.7. The molecule has 122 valence electrons. The highest BCUT2D eigenvalue weighted by molar-refractivity contribution is 9.10. The fourth-order valence-corrected chi connectivity index (χ4v) is 2.38. The summed E-state index contributed by atoms with van der Waals surface area (Å²) in [6, 6.07) is 15.8. The van der Waals surface area contributed by atoms with E-state index in [0.717, 1.165) is 22.3 Å². The Balaban J connectivity index is 1.62. The third kappa shape index (κ3) is 6.32. The van der Waals surface area contributed by atoms with Gasteiger partial charge in [-0.3, -0.25) is 4.79 Å². The molecule has 1 amide bonds. The molecule has 0 unspecified atom stereocenters. The first-order valence-corrected chi connectivity index (χ1v) is 8.36. The number of hydrogen-bond donors (Lipinski definition) is 2. The highest BCUT2D eigenvalue weighted by Crippen LogP contribution is 2.14. The van der Waals surface area contributed by atoms with Gasteiger partial charge in [0.1, 0.15) is 5.75 Å². The third-order valence-electron chi connectivity index (χ3n) is 3.42. The predicted molar refractivity (Wildman–Crippen MR) is 97.0 cm³/mol. The Morgan fingerprint density at radius 3 is 2.39 bits per heavy atom. The first-order valence-electron chi connectivity index (χ1n) is 7.56. The first kappa shape index (κ1) is 17.3. The number of methoxy groups -OCH3 is 1. The molecule has 2 aromatic rings. The predicted octanol–water partition coefficient (Wildman–Crippen LogP) is 3.62. The zero-order chi connectivity index (χ0) is 16.5. The van der Waals surface area contributed by atoms with E-state index in [0.29, 0.717) is 19.5 Å². The minimum Gasteiger partial charge on any atom is -0.497 e. The van der Waals surface area contributed by atoms with Gasteiger partial charge in [-0.2, -0.15) is 0 Å². The van der Waals surface area contributed by atoms with Gasteiger partial charge in [0.2, 0.25) is 5.91 Å². The number of anilines is 1. The summed E-state index contributed by atoms with van der Waals surface area (Å²) in [6.45, 7) is 1.26. The summed E-state index contributed by atoms with van der Waals surface area (Å²) in [5.74, 6) is 0.903. The molecule has 2 rings (SSSR count). The molecule has 0 aliphatic rings. The minimum atomic E-state index is 0.0584. The lowest BCUT2D eigenvalue weighted by molar-refractivity contribution is -0.120. The van der Waals surface area contributed by atoms with E-state index < -0.39 is 0 Å². The number of ether oxygens (including phenoxy) is 1. The van der Waals surface area contributed by atoms with Crippen LogP contribution in [0.15, 0.2) is 53.0 Å². The van der Waals surface area contributed by atoms with Crippen LogP contribution in [0.3, 0.4) is 0 Å². The first-order chi connectivity index (χ1) is 11.2. The van der Waals surface area contributed by atoms with Gasteiger partial charge in [0.25, 0.3) is 0 Å². The maximum atomic E-state index is 11.8. The van der Waals surface area contributed by atoms with Crippen molar-refractivity contribution in [2.75, 3.05) is 25.5 Å². The van der Waals surface area contributed by atoms with Gasteiger partial charge in [-0.05, 0) is 48.4 Å². The van der Waals surface area contributed by atoms with Crippen LogP contribution in [0.1, 0.15) is 12.0 Å².